The Kier molecular flexibility index (Phi) is 7.44. The SMILES string of the molecule is Cc1cnc(N2CCC([C@H]3C[C@H]3CCOc3ccc(CC(=O)N4CC(c5cccnc5)C4)c(F)c3)CC2)nc1. The average Bonchev–Trinajstić information content (AvgIpc) is 3.70. The monoisotopic (exact) mass is 529 g/mol. The van der Waals surface area contributed by atoms with Gasteiger partial charge in [-0.25, -0.2) is 14.4 Å². The van der Waals surface area contributed by atoms with Crippen LogP contribution in [-0.4, -0.2) is 58.5 Å². The first-order chi connectivity index (χ1) is 19.0. The van der Waals surface area contributed by atoms with Gasteiger partial charge in [0.15, 0.2) is 0 Å². The fraction of sp³-hybridized carbons (Fsp3) is 0.484. The second-order valence-electron chi connectivity index (χ2n) is 11.4. The quantitative estimate of drug-likeness (QED) is 0.396. The van der Waals surface area contributed by atoms with E-state index in [1.807, 2.05) is 37.6 Å². The summed E-state index contributed by atoms with van der Waals surface area (Å²) >= 11 is 0. The molecule has 3 aliphatic rings. The van der Waals surface area contributed by atoms with Gasteiger partial charge in [-0.3, -0.25) is 9.78 Å². The van der Waals surface area contributed by atoms with Crippen LogP contribution in [0, 0.1) is 30.5 Å². The van der Waals surface area contributed by atoms with Crippen LogP contribution in [0.1, 0.15) is 48.3 Å². The van der Waals surface area contributed by atoms with E-state index in [1.54, 1.807) is 23.2 Å². The summed E-state index contributed by atoms with van der Waals surface area (Å²) in [4.78, 5) is 29.8. The number of benzene rings is 1. The average molecular weight is 530 g/mol. The Morgan fingerprint density at radius 2 is 1.90 bits per heavy atom. The van der Waals surface area contributed by atoms with Gasteiger partial charge in [0.2, 0.25) is 11.9 Å². The Labute approximate surface area is 229 Å². The maximum absolute atomic E-state index is 14.7. The fourth-order valence-corrected chi connectivity index (χ4v) is 6.13. The number of carbonyl (C=O) groups excluding carboxylic acids is 1. The van der Waals surface area contributed by atoms with Gasteiger partial charge in [-0.05, 0) is 79.2 Å². The lowest BCUT2D eigenvalue weighted by Crippen LogP contribution is -2.49. The van der Waals surface area contributed by atoms with Crippen LogP contribution in [0.15, 0.2) is 55.1 Å². The van der Waals surface area contributed by atoms with E-state index in [4.69, 9.17) is 4.74 Å². The molecule has 2 saturated heterocycles. The molecule has 1 aliphatic carbocycles. The number of hydrogen-bond acceptors (Lipinski definition) is 6. The molecule has 0 bridgehead atoms. The summed E-state index contributed by atoms with van der Waals surface area (Å²) in [7, 11) is 0. The summed E-state index contributed by atoms with van der Waals surface area (Å²) in [6, 6.07) is 8.84. The van der Waals surface area contributed by atoms with E-state index < -0.39 is 0 Å². The molecule has 0 N–H and O–H groups in total. The molecular formula is C31H36FN5O2. The summed E-state index contributed by atoms with van der Waals surface area (Å²) in [6.45, 7) is 5.97. The number of likely N-dealkylation sites (tertiary alicyclic amines) is 1. The Morgan fingerprint density at radius 3 is 2.62 bits per heavy atom. The van der Waals surface area contributed by atoms with Gasteiger partial charge in [-0.2, -0.15) is 0 Å². The summed E-state index contributed by atoms with van der Waals surface area (Å²) in [5, 5.41) is 0. The summed E-state index contributed by atoms with van der Waals surface area (Å²) in [5.74, 6) is 3.52. The van der Waals surface area contributed by atoms with E-state index in [0.717, 1.165) is 48.4 Å². The van der Waals surface area contributed by atoms with Gasteiger partial charge in [0, 0.05) is 63.0 Å². The van der Waals surface area contributed by atoms with Gasteiger partial charge < -0.3 is 14.5 Å². The molecule has 2 aromatic heterocycles. The highest BCUT2D eigenvalue weighted by molar-refractivity contribution is 5.80. The van der Waals surface area contributed by atoms with Crippen LogP contribution in [0.5, 0.6) is 5.75 Å². The third kappa shape index (κ3) is 6.05. The largest absolute Gasteiger partial charge is 0.493 e. The number of aromatic nitrogens is 3. The molecule has 204 valence electrons. The lowest BCUT2D eigenvalue weighted by Gasteiger charge is -2.39. The minimum atomic E-state index is -0.376. The molecule has 6 rings (SSSR count). The van der Waals surface area contributed by atoms with Crippen LogP contribution >= 0.6 is 0 Å². The standard InChI is InChI=1S/C31H36FN5O2/c1-21-16-34-31(35-17-21)36-10-6-22(7-11-36)28-13-23(28)8-12-39-27-5-4-24(29(32)15-27)14-30(38)37-19-26(20-37)25-3-2-9-33-18-25/h2-5,9,15-18,22-23,26,28H,6-8,10-14,19-20H2,1H3/t23-,28-/m1/s1. The Hall–Kier alpha value is -3.55. The molecule has 8 heteroatoms. The highest BCUT2D eigenvalue weighted by Crippen LogP contribution is 2.49. The van der Waals surface area contributed by atoms with Gasteiger partial charge in [0.05, 0.1) is 13.0 Å². The molecule has 1 amide bonds. The molecule has 0 spiro atoms. The van der Waals surface area contributed by atoms with E-state index in [9.17, 15) is 9.18 Å². The maximum atomic E-state index is 14.7. The molecule has 1 saturated carbocycles. The number of hydrogen-bond donors (Lipinski definition) is 0. The van der Waals surface area contributed by atoms with Crippen LogP contribution in [0.2, 0.25) is 0 Å². The molecule has 0 radical (unpaired) electrons. The van der Waals surface area contributed by atoms with Crippen LogP contribution in [0.3, 0.4) is 0 Å². The number of rotatable bonds is 9. The molecule has 7 nitrogen and oxygen atoms in total. The van der Waals surface area contributed by atoms with Gasteiger partial charge in [-0.1, -0.05) is 12.1 Å². The number of ether oxygens (including phenoxy) is 1. The zero-order valence-corrected chi connectivity index (χ0v) is 22.5. The van der Waals surface area contributed by atoms with Gasteiger partial charge in [0.25, 0.3) is 0 Å². The van der Waals surface area contributed by atoms with Crippen LogP contribution < -0.4 is 9.64 Å². The lowest BCUT2D eigenvalue weighted by atomic mass is 9.90. The molecule has 2 atom stereocenters. The number of halogens is 1. The second-order valence-corrected chi connectivity index (χ2v) is 11.4. The van der Waals surface area contributed by atoms with Crippen molar-refractivity contribution in [3.8, 4) is 5.75 Å². The number of pyridine rings is 1. The zero-order chi connectivity index (χ0) is 26.8. The van der Waals surface area contributed by atoms with E-state index in [1.165, 1.54) is 25.3 Å². The number of nitrogens with zero attached hydrogens (tertiary/aromatic N) is 5. The molecule has 0 unspecified atom stereocenters. The fourth-order valence-electron chi connectivity index (χ4n) is 6.13. The van der Waals surface area contributed by atoms with Gasteiger partial charge in [0.1, 0.15) is 11.6 Å². The number of anilines is 1. The van der Waals surface area contributed by atoms with E-state index in [2.05, 4.69) is 19.9 Å². The first-order valence-corrected chi connectivity index (χ1v) is 14.2. The molecule has 4 heterocycles. The highest BCUT2D eigenvalue weighted by Gasteiger charge is 2.43. The van der Waals surface area contributed by atoms with Crippen molar-refractivity contribution in [3.63, 3.8) is 0 Å². The van der Waals surface area contributed by atoms with Crippen molar-refractivity contribution in [2.45, 2.75) is 44.9 Å². The number of piperidine rings is 1. The smallest absolute Gasteiger partial charge is 0.227 e. The van der Waals surface area contributed by atoms with Crippen molar-refractivity contribution in [2.24, 2.45) is 17.8 Å². The molecular weight excluding hydrogens is 493 g/mol. The van der Waals surface area contributed by atoms with Crippen molar-refractivity contribution in [1.82, 2.24) is 19.9 Å². The minimum absolute atomic E-state index is 0.0419. The predicted octanol–water partition coefficient (Wildman–Crippen LogP) is 4.81. The maximum Gasteiger partial charge on any atom is 0.227 e. The van der Waals surface area contributed by atoms with E-state index in [0.29, 0.717) is 42.8 Å². The van der Waals surface area contributed by atoms with Gasteiger partial charge in [-0.15, -0.1) is 0 Å². The molecule has 1 aromatic carbocycles. The molecule has 2 aliphatic heterocycles. The topological polar surface area (TPSA) is 71.5 Å². The van der Waals surface area contributed by atoms with Crippen LogP contribution in [0.25, 0.3) is 0 Å². The van der Waals surface area contributed by atoms with Crippen LogP contribution in [-0.2, 0) is 11.2 Å². The molecule has 39 heavy (non-hydrogen) atoms. The van der Waals surface area contributed by atoms with Crippen molar-refractivity contribution >= 4 is 11.9 Å². The Balaban J connectivity index is 0.900. The first kappa shape index (κ1) is 25.7. The lowest BCUT2D eigenvalue weighted by molar-refractivity contribution is -0.134. The van der Waals surface area contributed by atoms with Crippen molar-refractivity contribution < 1.29 is 13.9 Å². The first-order valence-electron chi connectivity index (χ1n) is 14.2. The molecule has 3 aromatic rings. The normalized spacial score (nSPS) is 21.5. The Morgan fingerprint density at radius 1 is 1.10 bits per heavy atom. The summed E-state index contributed by atoms with van der Waals surface area (Å²) in [6.07, 6.45) is 12.1. The predicted molar refractivity (Wildman–Crippen MR) is 147 cm³/mol. The van der Waals surface area contributed by atoms with Crippen molar-refractivity contribution in [2.75, 3.05) is 37.7 Å². The third-order valence-corrected chi connectivity index (χ3v) is 8.69. The highest BCUT2D eigenvalue weighted by atomic mass is 19.1. The number of carbonyl (C=O) groups is 1. The minimum Gasteiger partial charge on any atom is -0.493 e. The number of amides is 1. The molecule has 3 fully saturated rings. The number of aryl methyl sites for hydroxylation is 1. The summed E-state index contributed by atoms with van der Waals surface area (Å²) in [5.41, 5.74) is 2.65. The Bertz CT molecular complexity index is 1270. The summed E-state index contributed by atoms with van der Waals surface area (Å²) < 4.78 is 20.6. The van der Waals surface area contributed by atoms with Crippen LogP contribution in [0.4, 0.5) is 10.3 Å². The second kappa shape index (κ2) is 11.3. The van der Waals surface area contributed by atoms with E-state index >= 15 is 0 Å². The zero-order valence-electron chi connectivity index (χ0n) is 22.5. The van der Waals surface area contributed by atoms with Gasteiger partial charge >= 0.3 is 0 Å². The van der Waals surface area contributed by atoms with Crippen molar-refractivity contribution in [3.05, 3.63) is 77.6 Å². The third-order valence-electron chi connectivity index (χ3n) is 8.69. The van der Waals surface area contributed by atoms with E-state index in [-0.39, 0.29) is 18.1 Å². The van der Waals surface area contributed by atoms with Crippen molar-refractivity contribution in [1.29, 1.82) is 0 Å².